The maximum Gasteiger partial charge on any atom is 0.323 e. The molecule has 0 saturated carbocycles. The Labute approximate surface area is 105 Å². The summed E-state index contributed by atoms with van der Waals surface area (Å²) in [7, 11) is 0. The number of rotatable bonds is 6. The van der Waals surface area contributed by atoms with E-state index in [0.717, 1.165) is 0 Å². The number of esters is 1. The largest absolute Gasteiger partial charge is 0.459 e. The average Bonchev–Trinajstić information content (AvgIpc) is 2.14. The van der Waals surface area contributed by atoms with Crippen LogP contribution in [0.2, 0.25) is 0 Å². The molecule has 0 heterocycles. The monoisotopic (exact) mass is 245 g/mol. The van der Waals surface area contributed by atoms with Crippen LogP contribution in [-0.2, 0) is 9.53 Å². The number of aliphatic hydroxyl groups is 1. The van der Waals surface area contributed by atoms with Crippen molar-refractivity contribution < 1.29 is 14.6 Å². The van der Waals surface area contributed by atoms with Gasteiger partial charge in [0, 0.05) is 6.54 Å². The zero-order valence-corrected chi connectivity index (χ0v) is 11.9. The van der Waals surface area contributed by atoms with E-state index in [9.17, 15) is 9.90 Å². The van der Waals surface area contributed by atoms with Crippen LogP contribution < -0.4 is 5.32 Å². The summed E-state index contributed by atoms with van der Waals surface area (Å²) in [5.74, 6) is -0.121. The molecule has 0 spiro atoms. The molecule has 0 fully saturated rings. The van der Waals surface area contributed by atoms with E-state index < -0.39 is 11.7 Å². The Hall–Kier alpha value is -0.610. The van der Waals surface area contributed by atoms with E-state index in [-0.39, 0.29) is 17.9 Å². The topological polar surface area (TPSA) is 58.6 Å². The van der Waals surface area contributed by atoms with Gasteiger partial charge in [0.25, 0.3) is 0 Å². The Morgan fingerprint density at radius 1 is 1.35 bits per heavy atom. The molecule has 0 aromatic heterocycles. The van der Waals surface area contributed by atoms with Gasteiger partial charge in [0.1, 0.15) is 11.6 Å². The number of nitrogens with one attached hydrogen (secondary N) is 1. The smallest absolute Gasteiger partial charge is 0.323 e. The molecular formula is C13H27NO3. The van der Waals surface area contributed by atoms with Gasteiger partial charge in [0.15, 0.2) is 0 Å². The van der Waals surface area contributed by atoms with Gasteiger partial charge in [-0.1, -0.05) is 20.8 Å². The summed E-state index contributed by atoms with van der Waals surface area (Å²) >= 11 is 0. The predicted octanol–water partition coefficient (Wildman–Crippen LogP) is 1.71. The maximum atomic E-state index is 11.9. The van der Waals surface area contributed by atoms with Crippen LogP contribution in [0.4, 0.5) is 0 Å². The number of hydrogen-bond acceptors (Lipinski definition) is 4. The summed E-state index contributed by atoms with van der Waals surface area (Å²) < 4.78 is 5.34. The van der Waals surface area contributed by atoms with Crippen molar-refractivity contribution in [3.8, 4) is 0 Å². The Balaban J connectivity index is 4.37. The molecule has 2 N–H and O–H groups in total. The fourth-order valence-electron chi connectivity index (χ4n) is 1.36. The number of hydrogen-bond donors (Lipinski definition) is 2. The van der Waals surface area contributed by atoms with E-state index in [2.05, 4.69) is 5.32 Å². The van der Waals surface area contributed by atoms with Gasteiger partial charge in [-0.2, -0.15) is 0 Å². The van der Waals surface area contributed by atoms with Crippen molar-refractivity contribution in [3.05, 3.63) is 0 Å². The number of carbonyl (C=O) groups excluding carboxylic acids is 1. The van der Waals surface area contributed by atoms with Gasteiger partial charge in [0.05, 0.1) is 6.10 Å². The lowest BCUT2D eigenvalue weighted by molar-refractivity contribution is -0.158. The lowest BCUT2D eigenvalue weighted by Crippen LogP contribution is -2.47. The van der Waals surface area contributed by atoms with Crippen LogP contribution in [0, 0.1) is 5.92 Å². The van der Waals surface area contributed by atoms with E-state index in [1.54, 1.807) is 0 Å². The molecule has 4 nitrogen and oxygen atoms in total. The fraction of sp³-hybridized carbons (Fsp3) is 0.923. The second-order valence-corrected chi connectivity index (χ2v) is 5.73. The first-order chi connectivity index (χ1) is 7.67. The van der Waals surface area contributed by atoms with Crippen LogP contribution in [0.25, 0.3) is 0 Å². The van der Waals surface area contributed by atoms with Crippen molar-refractivity contribution in [1.82, 2.24) is 5.32 Å². The molecule has 0 aromatic carbocycles. The molecule has 2 atom stereocenters. The Morgan fingerprint density at radius 3 is 2.24 bits per heavy atom. The lowest BCUT2D eigenvalue weighted by atomic mass is 10.0. The molecule has 0 rings (SSSR count). The zero-order valence-electron chi connectivity index (χ0n) is 11.9. The normalized spacial score (nSPS) is 15.8. The first-order valence-corrected chi connectivity index (χ1v) is 6.31. The first-order valence-electron chi connectivity index (χ1n) is 6.31. The van der Waals surface area contributed by atoms with E-state index in [4.69, 9.17) is 4.74 Å². The van der Waals surface area contributed by atoms with Crippen molar-refractivity contribution >= 4 is 5.97 Å². The van der Waals surface area contributed by atoms with E-state index >= 15 is 0 Å². The molecule has 0 aliphatic heterocycles. The van der Waals surface area contributed by atoms with Gasteiger partial charge in [-0.05, 0) is 33.1 Å². The summed E-state index contributed by atoms with van der Waals surface area (Å²) in [6.45, 7) is 11.8. The van der Waals surface area contributed by atoms with Gasteiger partial charge in [-0.15, -0.1) is 0 Å². The molecule has 0 radical (unpaired) electrons. The molecule has 0 amide bonds. The maximum absolute atomic E-state index is 11.9. The molecule has 0 bridgehead atoms. The summed E-state index contributed by atoms with van der Waals surface area (Å²) in [6.07, 6.45) is 0.255. The number of aliphatic hydroxyl groups excluding tert-OH is 1. The second-order valence-electron chi connectivity index (χ2n) is 5.73. The van der Waals surface area contributed by atoms with Crippen molar-refractivity contribution in [1.29, 1.82) is 0 Å². The van der Waals surface area contributed by atoms with Crippen LogP contribution in [0.5, 0.6) is 0 Å². The van der Waals surface area contributed by atoms with Gasteiger partial charge in [0.2, 0.25) is 0 Å². The third-order valence-corrected chi connectivity index (χ3v) is 2.37. The minimum Gasteiger partial charge on any atom is -0.459 e. The van der Waals surface area contributed by atoms with Crippen LogP contribution in [0.1, 0.15) is 48.0 Å². The summed E-state index contributed by atoms with van der Waals surface area (Å²) in [5.41, 5.74) is -0.477. The first kappa shape index (κ1) is 16.4. The summed E-state index contributed by atoms with van der Waals surface area (Å²) in [4.78, 5) is 11.9. The minimum absolute atomic E-state index is 0.133. The molecule has 1 unspecified atom stereocenters. The van der Waals surface area contributed by atoms with Gasteiger partial charge < -0.3 is 15.2 Å². The Bertz CT molecular complexity index is 233. The highest BCUT2D eigenvalue weighted by molar-refractivity contribution is 5.76. The standard InChI is InChI=1S/C13H27NO3/c1-7-10(15)8-14-11(9(2)3)12(16)17-13(4,5)6/h9-11,14-15H,7-8H2,1-6H3/t10?,11-/m1/s1. The van der Waals surface area contributed by atoms with Crippen LogP contribution in [0.3, 0.4) is 0 Å². The van der Waals surface area contributed by atoms with Gasteiger partial charge >= 0.3 is 5.97 Å². The molecule has 0 aromatic rings. The molecule has 102 valence electrons. The fourth-order valence-corrected chi connectivity index (χ4v) is 1.36. The molecular weight excluding hydrogens is 218 g/mol. The zero-order chi connectivity index (χ0) is 13.6. The highest BCUT2D eigenvalue weighted by Crippen LogP contribution is 2.12. The molecule has 0 aliphatic carbocycles. The molecule has 4 heteroatoms. The quantitative estimate of drug-likeness (QED) is 0.699. The average molecular weight is 245 g/mol. The van der Waals surface area contributed by atoms with E-state index in [1.165, 1.54) is 0 Å². The minimum atomic E-state index is -0.477. The van der Waals surface area contributed by atoms with Crippen molar-refractivity contribution in [2.75, 3.05) is 6.54 Å². The predicted molar refractivity (Wildman–Crippen MR) is 68.8 cm³/mol. The Morgan fingerprint density at radius 2 is 1.88 bits per heavy atom. The Kier molecular flexibility index (Phi) is 6.72. The molecule has 0 saturated heterocycles. The summed E-state index contributed by atoms with van der Waals surface area (Å²) in [5, 5.41) is 12.6. The van der Waals surface area contributed by atoms with E-state index in [0.29, 0.717) is 13.0 Å². The highest BCUT2D eigenvalue weighted by atomic mass is 16.6. The van der Waals surface area contributed by atoms with Gasteiger partial charge in [-0.25, -0.2) is 0 Å². The van der Waals surface area contributed by atoms with Crippen molar-refractivity contribution in [3.63, 3.8) is 0 Å². The third-order valence-electron chi connectivity index (χ3n) is 2.37. The third kappa shape index (κ3) is 7.34. The van der Waals surface area contributed by atoms with E-state index in [1.807, 2.05) is 41.5 Å². The van der Waals surface area contributed by atoms with Gasteiger partial charge in [-0.3, -0.25) is 4.79 Å². The SMILES string of the molecule is CCC(O)CN[C@@H](C(=O)OC(C)(C)C)C(C)C. The number of ether oxygens (including phenoxy) is 1. The summed E-state index contributed by atoms with van der Waals surface area (Å²) in [6, 6.07) is -0.365. The number of carbonyl (C=O) groups is 1. The molecule has 0 aliphatic rings. The highest BCUT2D eigenvalue weighted by Gasteiger charge is 2.27. The van der Waals surface area contributed by atoms with Crippen molar-refractivity contribution in [2.45, 2.75) is 65.7 Å². The van der Waals surface area contributed by atoms with Crippen LogP contribution >= 0.6 is 0 Å². The molecule has 17 heavy (non-hydrogen) atoms. The van der Waals surface area contributed by atoms with Crippen LogP contribution in [-0.4, -0.2) is 35.4 Å². The van der Waals surface area contributed by atoms with Crippen LogP contribution in [0.15, 0.2) is 0 Å². The second kappa shape index (κ2) is 6.97. The lowest BCUT2D eigenvalue weighted by Gasteiger charge is -2.27. The van der Waals surface area contributed by atoms with Crippen molar-refractivity contribution in [2.24, 2.45) is 5.92 Å².